The van der Waals surface area contributed by atoms with Crippen molar-refractivity contribution in [2.45, 2.75) is 6.92 Å². The van der Waals surface area contributed by atoms with Crippen LogP contribution in [0.1, 0.15) is 6.92 Å². The van der Waals surface area contributed by atoms with Gasteiger partial charge >= 0.3 is 0 Å². The molecular formula is C17H18BrClN2O4S. The molecule has 0 heterocycles. The first kappa shape index (κ1) is 20.5. The Kier molecular flexibility index (Phi) is 6.91. The Balaban J connectivity index is 2.21. The van der Waals surface area contributed by atoms with Gasteiger partial charge in [0.05, 0.1) is 23.6 Å². The Labute approximate surface area is 166 Å². The first-order valence-corrected chi connectivity index (χ1v) is 10.7. The summed E-state index contributed by atoms with van der Waals surface area (Å²) in [6.07, 6.45) is 1.05. The van der Waals surface area contributed by atoms with Gasteiger partial charge in [-0.15, -0.1) is 0 Å². The van der Waals surface area contributed by atoms with Crippen LogP contribution in [0.2, 0.25) is 5.02 Å². The van der Waals surface area contributed by atoms with Crippen LogP contribution in [0.5, 0.6) is 5.75 Å². The lowest BCUT2D eigenvalue weighted by atomic mass is 10.3. The molecule has 6 nitrogen and oxygen atoms in total. The van der Waals surface area contributed by atoms with Gasteiger partial charge in [-0.3, -0.25) is 9.10 Å². The van der Waals surface area contributed by atoms with Crippen LogP contribution in [0, 0.1) is 0 Å². The highest BCUT2D eigenvalue weighted by molar-refractivity contribution is 9.10. The van der Waals surface area contributed by atoms with Gasteiger partial charge in [-0.2, -0.15) is 0 Å². The van der Waals surface area contributed by atoms with Crippen molar-refractivity contribution < 1.29 is 17.9 Å². The zero-order valence-electron chi connectivity index (χ0n) is 14.2. The van der Waals surface area contributed by atoms with E-state index >= 15 is 0 Å². The van der Waals surface area contributed by atoms with E-state index in [-0.39, 0.29) is 6.54 Å². The number of nitrogens with zero attached hydrogens (tertiary/aromatic N) is 1. The fourth-order valence-electron chi connectivity index (χ4n) is 2.20. The Hall–Kier alpha value is -1.77. The minimum absolute atomic E-state index is 0.349. The Bertz CT molecular complexity index is 905. The third-order valence-electron chi connectivity index (χ3n) is 3.31. The largest absolute Gasteiger partial charge is 0.494 e. The quantitative estimate of drug-likeness (QED) is 0.678. The van der Waals surface area contributed by atoms with E-state index in [9.17, 15) is 13.2 Å². The number of amides is 1. The molecule has 0 radical (unpaired) electrons. The number of carbonyl (C=O) groups excluding carboxylic acids is 1. The second-order valence-corrected chi connectivity index (χ2v) is 8.55. The van der Waals surface area contributed by atoms with Crippen LogP contribution in [0.3, 0.4) is 0 Å². The number of hydrogen-bond acceptors (Lipinski definition) is 4. The summed E-state index contributed by atoms with van der Waals surface area (Å²) >= 11 is 9.27. The first-order chi connectivity index (χ1) is 12.2. The van der Waals surface area contributed by atoms with Gasteiger partial charge in [-0.1, -0.05) is 17.7 Å². The third kappa shape index (κ3) is 5.62. The van der Waals surface area contributed by atoms with Crippen molar-refractivity contribution in [2.24, 2.45) is 0 Å². The van der Waals surface area contributed by atoms with Crippen LogP contribution in [-0.2, 0) is 14.8 Å². The van der Waals surface area contributed by atoms with Crippen molar-refractivity contribution in [3.8, 4) is 5.75 Å². The lowest BCUT2D eigenvalue weighted by Crippen LogP contribution is -2.37. The number of rotatable bonds is 7. The van der Waals surface area contributed by atoms with Gasteiger partial charge in [0.2, 0.25) is 15.9 Å². The van der Waals surface area contributed by atoms with E-state index in [1.165, 1.54) is 0 Å². The number of anilines is 2. The molecule has 0 unspecified atom stereocenters. The summed E-state index contributed by atoms with van der Waals surface area (Å²) in [4.78, 5) is 12.3. The Morgan fingerprint density at radius 2 is 2.00 bits per heavy atom. The first-order valence-electron chi connectivity index (χ1n) is 7.66. The molecule has 1 amide bonds. The molecule has 0 spiro atoms. The Morgan fingerprint density at radius 1 is 1.27 bits per heavy atom. The molecule has 1 N–H and O–H groups in total. The maximum atomic E-state index is 12.3. The van der Waals surface area contributed by atoms with Crippen LogP contribution in [0.15, 0.2) is 46.9 Å². The lowest BCUT2D eigenvalue weighted by Gasteiger charge is -2.22. The summed E-state index contributed by atoms with van der Waals surface area (Å²) in [6.45, 7) is 1.91. The molecule has 0 saturated carbocycles. The topological polar surface area (TPSA) is 75.7 Å². The SMILES string of the molecule is CCOc1cccc(N(CC(=O)Nc2ccc(Br)c(Cl)c2)S(C)(=O)=O)c1. The predicted molar refractivity (Wildman–Crippen MR) is 108 cm³/mol. The second-order valence-electron chi connectivity index (χ2n) is 5.38. The van der Waals surface area contributed by atoms with Gasteiger partial charge in [-0.05, 0) is 53.2 Å². The summed E-state index contributed by atoms with van der Waals surface area (Å²) in [5, 5.41) is 3.08. The Morgan fingerprint density at radius 3 is 2.62 bits per heavy atom. The van der Waals surface area contributed by atoms with Crippen LogP contribution in [0.25, 0.3) is 0 Å². The van der Waals surface area contributed by atoms with Crippen molar-refractivity contribution in [3.05, 3.63) is 52.0 Å². The van der Waals surface area contributed by atoms with Gasteiger partial charge in [0.25, 0.3) is 0 Å². The number of carbonyl (C=O) groups is 1. The molecule has 0 fully saturated rings. The van der Waals surface area contributed by atoms with E-state index in [1.807, 2.05) is 6.92 Å². The molecule has 0 saturated heterocycles. The zero-order chi connectivity index (χ0) is 19.3. The van der Waals surface area contributed by atoms with E-state index < -0.39 is 15.9 Å². The van der Waals surface area contributed by atoms with E-state index in [1.54, 1.807) is 42.5 Å². The normalized spacial score (nSPS) is 11.1. The molecule has 0 aliphatic carbocycles. The van der Waals surface area contributed by atoms with Gasteiger partial charge in [-0.25, -0.2) is 8.42 Å². The van der Waals surface area contributed by atoms with E-state index in [4.69, 9.17) is 16.3 Å². The van der Waals surface area contributed by atoms with Crippen LogP contribution in [-0.4, -0.2) is 33.7 Å². The standard InChI is InChI=1S/C17H18BrClN2O4S/c1-3-25-14-6-4-5-13(10-14)21(26(2,23)24)11-17(22)20-12-7-8-15(18)16(19)9-12/h4-10H,3,11H2,1-2H3,(H,20,22). The molecule has 26 heavy (non-hydrogen) atoms. The average Bonchev–Trinajstić information content (AvgIpc) is 2.55. The summed E-state index contributed by atoms with van der Waals surface area (Å²) in [5.74, 6) is 0.0365. The van der Waals surface area contributed by atoms with Crippen LogP contribution in [0.4, 0.5) is 11.4 Å². The summed E-state index contributed by atoms with van der Waals surface area (Å²) in [7, 11) is -3.67. The van der Waals surface area contributed by atoms with Gasteiger partial charge in [0.15, 0.2) is 0 Å². The molecule has 0 aliphatic heterocycles. The monoisotopic (exact) mass is 460 g/mol. The maximum Gasteiger partial charge on any atom is 0.245 e. The van der Waals surface area contributed by atoms with Crippen molar-refractivity contribution in [3.63, 3.8) is 0 Å². The summed E-state index contributed by atoms with van der Waals surface area (Å²) in [6, 6.07) is 11.5. The van der Waals surface area contributed by atoms with E-state index in [0.717, 1.165) is 10.6 Å². The zero-order valence-corrected chi connectivity index (χ0v) is 17.4. The third-order valence-corrected chi connectivity index (χ3v) is 5.68. The number of hydrogen-bond donors (Lipinski definition) is 1. The average molecular weight is 462 g/mol. The number of nitrogens with one attached hydrogen (secondary N) is 1. The fourth-order valence-corrected chi connectivity index (χ4v) is 3.48. The molecule has 140 valence electrons. The van der Waals surface area contributed by atoms with Crippen molar-refractivity contribution in [1.82, 2.24) is 0 Å². The van der Waals surface area contributed by atoms with Crippen LogP contribution < -0.4 is 14.4 Å². The minimum Gasteiger partial charge on any atom is -0.494 e. The molecule has 2 rings (SSSR count). The molecule has 0 bridgehead atoms. The maximum absolute atomic E-state index is 12.3. The van der Waals surface area contributed by atoms with Crippen molar-refractivity contribution in [2.75, 3.05) is 29.0 Å². The molecule has 0 aliphatic rings. The predicted octanol–water partition coefficient (Wildman–Crippen LogP) is 3.91. The highest BCUT2D eigenvalue weighted by atomic mass is 79.9. The number of ether oxygens (including phenoxy) is 1. The lowest BCUT2D eigenvalue weighted by molar-refractivity contribution is -0.114. The van der Waals surface area contributed by atoms with E-state index in [0.29, 0.717) is 33.2 Å². The second kappa shape index (κ2) is 8.75. The molecule has 2 aromatic carbocycles. The highest BCUT2D eigenvalue weighted by Crippen LogP contribution is 2.26. The van der Waals surface area contributed by atoms with Crippen LogP contribution >= 0.6 is 27.5 Å². The summed E-state index contributed by atoms with van der Waals surface area (Å²) in [5.41, 5.74) is 0.821. The molecule has 2 aromatic rings. The molecule has 9 heteroatoms. The molecule has 0 atom stereocenters. The van der Waals surface area contributed by atoms with Gasteiger partial charge in [0.1, 0.15) is 12.3 Å². The molecule has 0 aromatic heterocycles. The van der Waals surface area contributed by atoms with Gasteiger partial charge < -0.3 is 10.1 Å². The highest BCUT2D eigenvalue weighted by Gasteiger charge is 2.21. The van der Waals surface area contributed by atoms with Crippen molar-refractivity contribution >= 4 is 54.8 Å². The smallest absolute Gasteiger partial charge is 0.245 e. The van der Waals surface area contributed by atoms with Crippen molar-refractivity contribution in [1.29, 1.82) is 0 Å². The van der Waals surface area contributed by atoms with Gasteiger partial charge in [0, 0.05) is 16.2 Å². The minimum atomic E-state index is -3.67. The summed E-state index contributed by atoms with van der Waals surface area (Å²) < 4.78 is 31.4. The number of sulfonamides is 1. The number of halogens is 2. The fraction of sp³-hybridized carbons (Fsp3) is 0.235. The molecular weight excluding hydrogens is 444 g/mol. The number of benzene rings is 2. The van der Waals surface area contributed by atoms with E-state index in [2.05, 4.69) is 21.2 Å².